The Morgan fingerprint density at radius 1 is 1.37 bits per heavy atom. The summed E-state index contributed by atoms with van der Waals surface area (Å²) in [6.07, 6.45) is 4.48. The van der Waals surface area contributed by atoms with Crippen LogP contribution in [0.4, 0.5) is 0 Å². The molecule has 2 N–H and O–H groups in total. The van der Waals surface area contributed by atoms with Gasteiger partial charge in [0.1, 0.15) is 5.75 Å². The second-order valence-corrected chi connectivity index (χ2v) is 5.70. The number of thiazole rings is 1. The Balaban J connectivity index is 2.23. The molecule has 0 amide bonds. The molecule has 0 aromatic carbocycles. The maximum Gasteiger partial charge on any atom is 0.137 e. The molecule has 0 aliphatic heterocycles. The molecular formula is C14H19N3OS. The van der Waals surface area contributed by atoms with Crippen LogP contribution in [0.3, 0.4) is 0 Å². The number of hydrogen-bond donors (Lipinski definition) is 1. The van der Waals surface area contributed by atoms with E-state index in [1.54, 1.807) is 23.7 Å². The van der Waals surface area contributed by atoms with Crippen LogP contribution >= 0.6 is 11.3 Å². The molecule has 0 aliphatic rings. The Bertz CT molecular complexity index is 553. The van der Waals surface area contributed by atoms with Gasteiger partial charge in [-0.3, -0.25) is 4.98 Å². The summed E-state index contributed by atoms with van der Waals surface area (Å²) in [5.74, 6) is 0.772. The summed E-state index contributed by atoms with van der Waals surface area (Å²) in [6, 6.07) is 1.77. The van der Waals surface area contributed by atoms with Crippen LogP contribution in [-0.4, -0.2) is 16.6 Å². The number of aromatic nitrogens is 2. The number of pyridine rings is 1. The van der Waals surface area contributed by atoms with Crippen LogP contribution in [-0.2, 0) is 0 Å². The van der Waals surface area contributed by atoms with E-state index in [0.717, 1.165) is 33.3 Å². The maximum absolute atomic E-state index is 6.30. The van der Waals surface area contributed by atoms with Gasteiger partial charge in [-0.25, -0.2) is 4.98 Å². The minimum atomic E-state index is -0.191. The standard InChI is InChI=1S/C14H19N3OS/c1-4-5-18-12-6-11(7-16-8-12)13(15)14-9(2)17-10(3)19-14/h6-8,13H,4-5,15H2,1-3H3. The van der Waals surface area contributed by atoms with Gasteiger partial charge in [0.2, 0.25) is 0 Å². The second kappa shape index (κ2) is 6.12. The summed E-state index contributed by atoms with van der Waals surface area (Å²) in [5, 5.41) is 1.04. The van der Waals surface area contributed by atoms with Crippen molar-refractivity contribution < 1.29 is 4.74 Å². The fourth-order valence-corrected chi connectivity index (χ4v) is 2.85. The van der Waals surface area contributed by atoms with Crippen LogP contribution in [0.5, 0.6) is 5.75 Å². The Morgan fingerprint density at radius 3 is 2.79 bits per heavy atom. The van der Waals surface area contributed by atoms with Gasteiger partial charge in [0.05, 0.1) is 29.5 Å². The van der Waals surface area contributed by atoms with Crippen LogP contribution in [0, 0.1) is 13.8 Å². The topological polar surface area (TPSA) is 61.0 Å². The average molecular weight is 277 g/mol. The van der Waals surface area contributed by atoms with Crippen molar-refractivity contribution in [3.8, 4) is 5.75 Å². The van der Waals surface area contributed by atoms with Crippen molar-refractivity contribution in [1.82, 2.24) is 9.97 Å². The molecule has 2 heterocycles. The first kappa shape index (κ1) is 14.0. The lowest BCUT2D eigenvalue weighted by Crippen LogP contribution is -2.12. The first-order valence-electron chi connectivity index (χ1n) is 6.39. The highest BCUT2D eigenvalue weighted by Crippen LogP contribution is 2.29. The molecule has 2 aromatic rings. The second-order valence-electron chi connectivity index (χ2n) is 4.46. The van der Waals surface area contributed by atoms with Crippen molar-refractivity contribution >= 4 is 11.3 Å². The van der Waals surface area contributed by atoms with Crippen LogP contribution in [0.1, 0.15) is 40.5 Å². The van der Waals surface area contributed by atoms with Crippen LogP contribution in [0.2, 0.25) is 0 Å². The summed E-state index contributed by atoms with van der Waals surface area (Å²) in [7, 11) is 0. The van der Waals surface area contributed by atoms with Crippen molar-refractivity contribution in [3.05, 3.63) is 39.6 Å². The highest BCUT2D eigenvalue weighted by molar-refractivity contribution is 7.11. The highest BCUT2D eigenvalue weighted by Gasteiger charge is 2.16. The first-order valence-corrected chi connectivity index (χ1v) is 7.20. The molecule has 0 spiro atoms. The van der Waals surface area contributed by atoms with Crippen molar-refractivity contribution in [3.63, 3.8) is 0 Å². The van der Waals surface area contributed by atoms with Crippen LogP contribution in [0.25, 0.3) is 0 Å². The van der Waals surface area contributed by atoms with Gasteiger partial charge in [-0.2, -0.15) is 0 Å². The monoisotopic (exact) mass is 277 g/mol. The molecule has 5 heteroatoms. The zero-order chi connectivity index (χ0) is 13.8. The van der Waals surface area contributed by atoms with Crippen molar-refractivity contribution in [2.24, 2.45) is 5.73 Å². The number of nitrogens with two attached hydrogens (primary N) is 1. The van der Waals surface area contributed by atoms with Gasteiger partial charge in [-0.05, 0) is 31.9 Å². The molecule has 0 radical (unpaired) electrons. The largest absolute Gasteiger partial charge is 0.492 e. The lowest BCUT2D eigenvalue weighted by Gasteiger charge is -2.12. The number of aryl methyl sites for hydroxylation is 2. The molecule has 0 saturated heterocycles. The zero-order valence-corrected chi connectivity index (χ0v) is 12.3. The Labute approximate surface area is 117 Å². The minimum absolute atomic E-state index is 0.191. The summed E-state index contributed by atoms with van der Waals surface area (Å²) < 4.78 is 5.59. The molecule has 1 atom stereocenters. The van der Waals surface area contributed by atoms with E-state index < -0.39 is 0 Å². The van der Waals surface area contributed by atoms with Gasteiger partial charge in [0.15, 0.2) is 0 Å². The fourth-order valence-electron chi connectivity index (χ4n) is 1.89. The minimum Gasteiger partial charge on any atom is -0.492 e. The summed E-state index contributed by atoms with van der Waals surface area (Å²) in [4.78, 5) is 9.71. The van der Waals surface area contributed by atoms with E-state index in [0.29, 0.717) is 6.61 Å². The molecule has 102 valence electrons. The lowest BCUT2D eigenvalue weighted by atomic mass is 10.1. The molecule has 0 saturated carbocycles. The molecule has 19 heavy (non-hydrogen) atoms. The predicted octanol–water partition coefficient (Wildman–Crippen LogP) is 2.99. The van der Waals surface area contributed by atoms with E-state index in [9.17, 15) is 0 Å². The predicted molar refractivity (Wildman–Crippen MR) is 77.6 cm³/mol. The summed E-state index contributed by atoms with van der Waals surface area (Å²) in [5.41, 5.74) is 8.26. The van der Waals surface area contributed by atoms with Gasteiger partial charge >= 0.3 is 0 Å². The SMILES string of the molecule is CCCOc1cncc(C(N)c2sc(C)nc2C)c1. The molecule has 2 rings (SSSR count). The highest BCUT2D eigenvalue weighted by atomic mass is 32.1. The van der Waals surface area contributed by atoms with Crippen molar-refractivity contribution in [2.75, 3.05) is 6.61 Å². The Hall–Kier alpha value is -1.46. The van der Waals surface area contributed by atoms with E-state index >= 15 is 0 Å². The molecule has 0 fully saturated rings. The van der Waals surface area contributed by atoms with Crippen LogP contribution < -0.4 is 10.5 Å². The quantitative estimate of drug-likeness (QED) is 0.912. The van der Waals surface area contributed by atoms with Crippen LogP contribution in [0.15, 0.2) is 18.5 Å². The lowest BCUT2D eigenvalue weighted by molar-refractivity contribution is 0.315. The average Bonchev–Trinajstić information content (AvgIpc) is 2.75. The third kappa shape index (κ3) is 3.30. The fraction of sp³-hybridized carbons (Fsp3) is 0.429. The first-order chi connectivity index (χ1) is 9.11. The number of hydrogen-bond acceptors (Lipinski definition) is 5. The van der Waals surface area contributed by atoms with Gasteiger partial charge in [-0.1, -0.05) is 6.92 Å². The Morgan fingerprint density at radius 2 is 2.16 bits per heavy atom. The number of ether oxygens (including phenoxy) is 1. The zero-order valence-electron chi connectivity index (χ0n) is 11.5. The van der Waals surface area contributed by atoms with Gasteiger partial charge in [-0.15, -0.1) is 11.3 Å². The maximum atomic E-state index is 6.30. The summed E-state index contributed by atoms with van der Waals surface area (Å²) >= 11 is 1.64. The van der Waals surface area contributed by atoms with Crippen molar-refractivity contribution in [2.45, 2.75) is 33.2 Å². The molecule has 2 aromatic heterocycles. The smallest absolute Gasteiger partial charge is 0.137 e. The normalized spacial score (nSPS) is 12.4. The van der Waals surface area contributed by atoms with E-state index in [1.807, 2.05) is 19.9 Å². The van der Waals surface area contributed by atoms with Gasteiger partial charge < -0.3 is 10.5 Å². The number of rotatable bonds is 5. The molecule has 0 bridgehead atoms. The molecule has 4 nitrogen and oxygen atoms in total. The van der Waals surface area contributed by atoms with E-state index in [1.165, 1.54) is 0 Å². The molecule has 0 aliphatic carbocycles. The molecular weight excluding hydrogens is 258 g/mol. The van der Waals surface area contributed by atoms with E-state index in [2.05, 4.69) is 16.9 Å². The van der Waals surface area contributed by atoms with Gasteiger partial charge in [0.25, 0.3) is 0 Å². The van der Waals surface area contributed by atoms with E-state index in [-0.39, 0.29) is 6.04 Å². The van der Waals surface area contributed by atoms with Crippen molar-refractivity contribution in [1.29, 1.82) is 0 Å². The molecule has 1 unspecified atom stereocenters. The Kier molecular flexibility index (Phi) is 4.50. The third-order valence-electron chi connectivity index (χ3n) is 2.79. The van der Waals surface area contributed by atoms with Gasteiger partial charge in [0, 0.05) is 11.1 Å². The van der Waals surface area contributed by atoms with E-state index in [4.69, 9.17) is 10.5 Å². The third-order valence-corrected chi connectivity index (χ3v) is 3.94. The number of nitrogens with zero attached hydrogens (tertiary/aromatic N) is 2. The summed E-state index contributed by atoms with van der Waals surface area (Å²) in [6.45, 7) is 6.75.